The van der Waals surface area contributed by atoms with Gasteiger partial charge in [-0.3, -0.25) is 0 Å². The molecule has 0 fully saturated rings. The molecule has 6 heteroatoms. The van der Waals surface area contributed by atoms with E-state index >= 15 is 0 Å². The first kappa shape index (κ1) is 15.5. The number of anilines is 1. The molecule has 1 atom stereocenters. The van der Waals surface area contributed by atoms with Gasteiger partial charge in [-0.25, -0.2) is 13.1 Å². The van der Waals surface area contributed by atoms with Crippen LogP contribution in [-0.4, -0.2) is 14.5 Å². The van der Waals surface area contributed by atoms with Crippen molar-refractivity contribution in [2.45, 2.75) is 38.6 Å². The van der Waals surface area contributed by atoms with Crippen LogP contribution in [0.2, 0.25) is 0 Å². The van der Waals surface area contributed by atoms with Gasteiger partial charge in [-0.05, 0) is 46.5 Å². The Morgan fingerprint density at radius 1 is 1.33 bits per heavy atom. The van der Waals surface area contributed by atoms with Crippen molar-refractivity contribution in [3.8, 4) is 0 Å². The van der Waals surface area contributed by atoms with Gasteiger partial charge in [-0.2, -0.15) is 0 Å². The van der Waals surface area contributed by atoms with Crippen molar-refractivity contribution >= 4 is 31.6 Å². The summed E-state index contributed by atoms with van der Waals surface area (Å²) >= 11 is 3.22. The molecule has 3 N–H and O–H groups in total. The second-order valence-electron chi connectivity index (χ2n) is 5.40. The van der Waals surface area contributed by atoms with Crippen LogP contribution in [0.1, 0.15) is 27.7 Å². The average Bonchev–Trinajstić information content (AvgIpc) is 2.14. The third-order valence-electron chi connectivity index (χ3n) is 2.88. The van der Waals surface area contributed by atoms with Crippen LogP contribution in [-0.2, 0) is 10.0 Å². The zero-order chi connectivity index (χ0) is 14.1. The van der Waals surface area contributed by atoms with Gasteiger partial charge in [0.25, 0.3) is 0 Å². The SMILES string of the molecule is CC(NS(=O)(=O)c1ccc(N)cc1Br)C(C)(C)C. The minimum Gasteiger partial charge on any atom is -0.399 e. The molecule has 4 nitrogen and oxygen atoms in total. The Bertz CT molecular complexity index is 535. The molecule has 0 aliphatic heterocycles. The summed E-state index contributed by atoms with van der Waals surface area (Å²) in [5, 5.41) is 0. The van der Waals surface area contributed by atoms with Gasteiger partial charge in [0.15, 0.2) is 0 Å². The number of sulfonamides is 1. The summed E-state index contributed by atoms with van der Waals surface area (Å²) in [5.41, 5.74) is 5.97. The quantitative estimate of drug-likeness (QED) is 0.835. The zero-order valence-electron chi connectivity index (χ0n) is 11.0. The van der Waals surface area contributed by atoms with Crippen LogP contribution in [0.4, 0.5) is 5.69 Å². The number of rotatable bonds is 3. The summed E-state index contributed by atoms with van der Waals surface area (Å²) in [4.78, 5) is 0.202. The standard InChI is InChI=1S/C12H19BrN2O2S/c1-8(12(2,3)4)15-18(16,17)11-6-5-9(14)7-10(11)13/h5-8,15H,14H2,1-4H3. The largest absolute Gasteiger partial charge is 0.399 e. The topological polar surface area (TPSA) is 72.2 Å². The van der Waals surface area contributed by atoms with Crippen molar-refractivity contribution in [2.75, 3.05) is 5.73 Å². The number of halogens is 1. The lowest BCUT2D eigenvalue weighted by Gasteiger charge is -2.28. The second-order valence-corrected chi connectivity index (χ2v) is 7.94. The normalized spacial score (nSPS) is 14.5. The fourth-order valence-corrected chi connectivity index (χ4v) is 3.75. The fourth-order valence-electron chi connectivity index (χ4n) is 1.21. The van der Waals surface area contributed by atoms with Gasteiger partial charge in [-0.1, -0.05) is 20.8 Å². The molecule has 1 rings (SSSR count). The zero-order valence-corrected chi connectivity index (χ0v) is 13.4. The van der Waals surface area contributed by atoms with E-state index in [-0.39, 0.29) is 16.4 Å². The van der Waals surface area contributed by atoms with Gasteiger partial charge in [-0.15, -0.1) is 0 Å². The highest BCUT2D eigenvalue weighted by Gasteiger charge is 2.27. The Balaban J connectivity index is 3.08. The highest BCUT2D eigenvalue weighted by Crippen LogP contribution is 2.26. The minimum atomic E-state index is -3.54. The first-order valence-corrected chi connectivity index (χ1v) is 7.89. The summed E-state index contributed by atoms with van der Waals surface area (Å²) < 4.78 is 27.6. The molecule has 0 aliphatic rings. The summed E-state index contributed by atoms with van der Waals surface area (Å²) in [6, 6.07) is 4.47. The number of benzene rings is 1. The highest BCUT2D eigenvalue weighted by molar-refractivity contribution is 9.10. The van der Waals surface area contributed by atoms with E-state index in [0.29, 0.717) is 10.2 Å². The maximum absolute atomic E-state index is 12.2. The molecule has 0 heterocycles. The van der Waals surface area contributed by atoms with Crippen LogP contribution < -0.4 is 10.5 Å². The van der Waals surface area contributed by atoms with Crippen molar-refractivity contribution in [2.24, 2.45) is 5.41 Å². The van der Waals surface area contributed by atoms with Crippen molar-refractivity contribution in [1.29, 1.82) is 0 Å². The first-order valence-electron chi connectivity index (χ1n) is 5.61. The van der Waals surface area contributed by atoms with E-state index in [4.69, 9.17) is 5.73 Å². The summed E-state index contributed by atoms with van der Waals surface area (Å²) in [7, 11) is -3.54. The Labute approximate surface area is 117 Å². The number of hydrogen-bond donors (Lipinski definition) is 2. The lowest BCUT2D eigenvalue weighted by atomic mass is 9.89. The first-order chi connectivity index (χ1) is 8.04. The van der Waals surface area contributed by atoms with Crippen molar-refractivity contribution in [1.82, 2.24) is 4.72 Å². The van der Waals surface area contributed by atoms with E-state index in [1.165, 1.54) is 6.07 Å². The van der Waals surface area contributed by atoms with Gasteiger partial charge >= 0.3 is 0 Å². The Hall–Kier alpha value is -0.590. The van der Waals surface area contributed by atoms with E-state index in [9.17, 15) is 8.42 Å². The highest BCUT2D eigenvalue weighted by atomic mass is 79.9. The molecule has 0 spiro atoms. The molecular formula is C12H19BrN2O2S. The van der Waals surface area contributed by atoms with E-state index in [0.717, 1.165) is 0 Å². The number of nitrogen functional groups attached to an aromatic ring is 1. The molecule has 0 aromatic heterocycles. The van der Waals surface area contributed by atoms with Gasteiger partial charge in [0.05, 0.1) is 4.90 Å². The molecule has 0 aliphatic carbocycles. The third-order valence-corrected chi connectivity index (χ3v) is 5.39. The van der Waals surface area contributed by atoms with E-state index in [1.54, 1.807) is 12.1 Å². The van der Waals surface area contributed by atoms with Gasteiger partial charge < -0.3 is 5.73 Å². The van der Waals surface area contributed by atoms with Crippen LogP contribution in [0, 0.1) is 5.41 Å². The molecule has 1 unspecified atom stereocenters. The van der Waals surface area contributed by atoms with Crippen LogP contribution >= 0.6 is 15.9 Å². The lowest BCUT2D eigenvalue weighted by Crippen LogP contribution is -2.41. The summed E-state index contributed by atoms with van der Waals surface area (Å²) in [6.45, 7) is 7.80. The van der Waals surface area contributed by atoms with Gasteiger partial charge in [0.1, 0.15) is 0 Å². The summed E-state index contributed by atoms with van der Waals surface area (Å²) in [5.74, 6) is 0. The number of nitrogens with two attached hydrogens (primary N) is 1. The van der Waals surface area contributed by atoms with E-state index < -0.39 is 10.0 Å². The number of nitrogens with one attached hydrogen (secondary N) is 1. The maximum atomic E-state index is 12.2. The van der Waals surface area contributed by atoms with Crippen LogP contribution in [0.25, 0.3) is 0 Å². The molecule has 1 aromatic rings. The monoisotopic (exact) mass is 334 g/mol. The minimum absolute atomic E-state index is 0.145. The molecule has 0 bridgehead atoms. The van der Waals surface area contributed by atoms with Crippen molar-refractivity contribution in [3.05, 3.63) is 22.7 Å². The van der Waals surface area contributed by atoms with Crippen LogP contribution in [0.15, 0.2) is 27.6 Å². The predicted octanol–water partition coefficient (Wildman–Crippen LogP) is 2.74. The second kappa shape index (κ2) is 5.19. The van der Waals surface area contributed by atoms with Gasteiger partial charge in [0, 0.05) is 16.2 Å². The van der Waals surface area contributed by atoms with Crippen molar-refractivity contribution in [3.63, 3.8) is 0 Å². The lowest BCUT2D eigenvalue weighted by molar-refractivity contribution is 0.317. The smallest absolute Gasteiger partial charge is 0.241 e. The van der Waals surface area contributed by atoms with Crippen molar-refractivity contribution < 1.29 is 8.42 Å². The van der Waals surface area contributed by atoms with Crippen LogP contribution in [0.5, 0.6) is 0 Å². The average molecular weight is 335 g/mol. The molecular weight excluding hydrogens is 316 g/mol. The Morgan fingerprint density at radius 2 is 1.89 bits per heavy atom. The van der Waals surface area contributed by atoms with Crippen LogP contribution in [0.3, 0.4) is 0 Å². The molecule has 0 amide bonds. The van der Waals surface area contributed by atoms with Gasteiger partial charge in [0.2, 0.25) is 10.0 Å². The predicted molar refractivity (Wildman–Crippen MR) is 77.8 cm³/mol. The van der Waals surface area contributed by atoms with E-state index in [2.05, 4.69) is 20.7 Å². The molecule has 0 saturated carbocycles. The summed E-state index contributed by atoms with van der Waals surface area (Å²) in [6.07, 6.45) is 0. The molecule has 18 heavy (non-hydrogen) atoms. The third kappa shape index (κ3) is 3.70. The van der Waals surface area contributed by atoms with E-state index in [1.807, 2.05) is 27.7 Å². The molecule has 0 saturated heterocycles. The Morgan fingerprint density at radius 3 is 2.33 bits per heavy atom. The fraction of sp³-hybridized carbons (Fsp3) is 0.500. The maximum Gasteiger partial charge on any atom is 0.241 e. The molecule has 0 radical (unpaired) electrons. The molecule has 1 aromatic carbocycles. The number of hydrogen-bond acceptors (Lipinski definition) is 3. The molecule has 102 valence electrons. The Kier molecular flexibility index (Phi) is 4.46.